The number of hydrogen-bond acceptors (Lipinski definition) is 8. The molecule has 13 atom stereocenters. The topological polar surface area (TPSA) is 133 Å². The molecule has 3 N–H and O–H groups in total. The molecule has 7 aliphatic rings. The van der Waals surface area contributed by atoms with Crippen LogP contribution in [0.4, 0.5) is 0 Å². The van der Waals surface area contributed by atoms with Crippen LogP contribution in [0.15, 0.2) is 12.2 Å². The van der Waals surface area contributed by atoms with E-state index in [1.807, 2.05) is 13.8 Å². The minimum Gasteiger partial charge on any atom is -0.481 e. The van der Waals surface area contributed by atoms with Gasteiger partial charge in [0.05, 0.1) is 29.9 Å². The molecular formula is C43H70N2O7S. The number of aliphatic carboxylic acids is 1. The number of ether oxygens (including phenoxy) is 1. The molecule has 1 saturated heterocycles. The van der Waals surface area contributed by atoms with E-state index in [4.69, 9.17) is 4.74 Å². The summed E-state index contributed by atoms with van der Waals surface area (Å²) >= 11 is 0. The Bertz CT molecular complexity index is 1600. The van der Waals surface area contributed by atoms with Gasteiger partial charge in [0.2, 0.25) is 0 Å². The zero-order chi connectivity index (χ0) is 38.7. The lowest BCUT2D eigenvalue weighted by molar-refractivity contribution is -0.246. The Balaban J connectivity index is 1.11. The maximum atomic E-state index is 13.5. The zero-order valence-corrected chi connectivity index (χ0v) is 34.8. The summed E-state index contributed by atoms with van der Waals surface area (Å²) in [4.78, 5) is 27.5. The highest BCUT2D eigenvalue weighted by Gasteiger charge is 2.72. The second-order valence-electron chi connectivity index (χ2n) is 21.1. The molecule has 6 saturated carbocycles. The predicted molar refractivity (Wildman–Crippen MR) is 207 cm³/mol. The largest absolute Gasteiger partial charge is 0.481 e. The van der Waals surface area contributed by atoms with Crippen LogP contribution in [0.2, 0.25) is 0 Å². The molecule has 0 aromatic rings. The average Bonchev–Trinajstić information content (AvgIpc) is 3.46. The highest BCUT2D eigenvalue weighted by Crippen LogP contribution is 2.76. The molecule has 6 aliphatic carbocycles. The second-order valence-corrected chi connectivity index (χ2v) is 23.5. The maximum Gasteiger partial charge on any atom is 0.310 e. The summed E-state index contributed by atoms with van der Waals surface area (Å²) in [5.41, 5.74) is 0.996. The highest BCUT2D eigenvalue weighted by molar-refractivity contribution is 7.91. The number of carboxylic acid groups (broad SMARTS) is 1. The Labute approximate surface area is 319 Å². The molecule has 0 unspecified atom stereocenters. The molecule has 0 aromatic carbocycles. The number of nitrogens with zero attached hydrogens (tertiary/aromatic N) is 1. The number of sulfone groups is 1. The number of fused-ring (bicyclic) bond motifs is 7. The lowest BCUT2D eigenvalue weighted by atomic mass is 9.32. The molecular weight excluding hydrogens is 689 g/mol. The quantitative estimate of drug-likeness (QED) is 0.182. The Kier molecular flexibility index (Phi) is 9.76. The molecule has 7 fully saturated rings. The van der Waals surface area contributed by atoms with Gasteiger partial charge in [-0.15, -0.1) is 0 Å². The van der Waals surface area contributed by atoms with Crippen molar-refractivity contribution in [3.63, 3.8) is 0 Å². The van der Waals surface area contributed by atoms with E-state index in [9.17, 15) is 28.2 Å². The first-order chi connectivity index (χ1) is 24.6. The van der Waals surface area contributed by atoms with Gasteiger partial charge in [-0.25, -0.2) is 8.42 Å². The normalized spacial score (nSPS) is 47.2. The van der Waals surface area contributed by atoms with Gasteiger partial charge in [-0.1, -0.05) is 60.6 Å². The summed E-state index contributed by atoms with van der Waals surface area (Å²) in [6, 6.07) is -0.0895. The molecule has 0 amide bonds. The first-order valence-electron chi connectivity index (χ1n) is 21.0. The molecule has 1 heterocycles. The number of rotatable bonds is 9. The van der Waals surface area contributed by atoms with Gasteiger partial charge in [0, 0.05) is 36.6 Å². The van der Waals surface area contributed by atoms with E-state index in [0.717, 1.165) is 38.5 Å². The van der Waals surface area contributed by atoms with E-state index in [1.54, 1.807) is 0 Å². The van der Waals surface area contributed by atoms with Crippen molar-refractivity contribution in [3.8, 4) is 0 Å². The standard InChI is InChI=1S/C43H70N2O7S/c1-26(2)28-12-17-43(44-24-27(25-46)45-20-22-53(50,51)23-21-45)19-18-41(8)29(33(28)43)10-11-31-40(7)15-14-32(38(3,4)30(40)13-16-42(31,41)9)52-37(49)35-34(36(47)48)39(35,5)6/h27-35,44,46H,1,10-25H2,2-9H3,(H,47,48)/t27-,28-,29+,30-,31+,32-,33+,34-,35+,40-,41+,42+,43-/m0/s1. The lowest BCUT2D eigenvalue weighted by Gasteiger charge is -2.73. The van der Waals surface area contributed by atoms with E-state index in [1.165, 1.54) is 31.3 Å². The van der Waals surface area contributed by atoms with Crippen LogP contribution in [0.1, 0.15) is 120 Å². The van der Waals surface area contributed by atoms with Gasteiger partial charge >= 0.3 is 11.9 Å². The Hall–Kier alpha value is -1.49. The molecule has 7 rings (SSSR count). The predicted octanol–water partition coefficient (Wildman–Crippen LogP) is 6.35. The van der Waals surface area contributed by atoms with Gasteiger partial charge in [-0.05, 0) is 122 Å². The van der Waals surface area contributed by atoms with Crippen molar-refractivity contribution >= 4 is 21.8 Å². The van der Waals surface area contributed by atoms with E-state index in [0.29, 0.717) is 49.2 Å². The van der Waals surface area contributed by atoms with Gasteiger partial charge in [0.25, 0.3) is 0 Å². The first-order valence-corrected chi connectivity index (χ1v) is 22.8. The second kappa shape index (κ2) is 13.0. The number of carbonyl (C=O) groups is 2. The van der Waals surface area contributed by atoms with Crippen LogP contribution in [-0.2, 0) is 24.2 Å². The fourth-order valence-electron chi connectivity index (χ4n) is 15.1. The van der Waals surface area contributed by atoms with Crippen molar-refractivity contribution in [3.05, 3.63) is 12.2 Å². The lowest BCUT2D eigenvalue weighted by Crippen LogP contribution is -2.69. The summed E-state index contributed by atoms with van der Waals surface area (Å²) < 4.78 is 30.6. The fraction of sp³-hybridized carbons (Fsp3) is 0.907. The van der Waals surface area contributed by atoms with Gasteiger partial charge in [-0.2, -0.15) is 0 Å². The number of carbonyl (C=O) groups excluding carboxylic acids is 1. The van der Waals surface area contributed by atoms with Crippen LogP contribution in [-0.4, -0.2) is 90.9 Å². The summed E-state index contributed by atoms with van der Waals surface area (Å²) in [6.45, 7) is 24.7. The SMILES string of the molecule is C=C(C)[C@@H]1CC[C@]2(NC[C@@H](CO)N3CCS(=O)(=O)CC3)CC[C@]3(C)[C@H](CC[C@@H]4[C@@]5(C)CC[C@H](OC(=O)[C@H]6[C@@H](C(=O)O)C6(C)C)C(C)(C)[C@@H]5CC[C@]43C)[C@@H]12. The Morgan fingerprint density at radius 1 is 0.849 bits per heavy atom. The van der Waals surface area contributed by atoms with Crippen LogP contribution in [0.5, 0.6) is 0 Å². The van der Waals surface area contributed by atoms with E-state index < -0.39 is 33.1 Å². The monoisotopic (exact) mass is 758 g/mol. The van der Waals surface area contributed by atoms with Crippen molar-refractivity contribution in [1.29, 1.82) is 0 Å². The highest BCUT2D eigenvalue weighted by atomic mass is 32.2. The Morgan fingerprint density at radius 3 is 2.13 bits per heavy atom. The van der Waals surface area contributed by atoms with Crippen LogP contribution < -0.4 is 5.32 Å². The molecule has 1 aliphatic heterocycles. The number of allylic oxidation sites excluding steroid dienone is 1. The molecule has 0 aromatic heterocycles. The van der Waals surface area contributed by atoms with E-state index in [2.05, 4.69) is 58.3 Å². The molecule has 10 heteroatoms. The summed E-state index contributed by atoms with van der Waals surface area (Å²) in [5.74, 6) is 0.379. The number of aliphatic hydroxyl groups excluding tert-OH is 1. The average molecular weight is 759 g/mol. The number of hydrogen-bond donors (Lipinski definition) is 3. The summed E-state index contributed by atoms with van der Waals surface area (Å²) in [6.07, 6.45) is 10.9. The number of esters is 1. The van der Waals surface area contributed by atoms with Crippen molar-refractivity contribution in [2.45, 2.75) is 137 Å². The van der Waals surface area contributed by atoms with E-state index in [-0.39, 0.29) is 63.4 Å². The molecule has 0 radical (unpaired) electrons. The van der Waals surface area contributed by atoms with Gasteiger partial charge in [-0.3, -0.25) is 14.5 Å². The number of aliphatic hydroxyl groups is 1. The molecule has 0 spiro atoms. The molecule has 53 heavy (non-hydrogen) atoms. The third-order valence-corrected chi connectivity index (χ3v) is 20.0. The van der Waals surface area contributed by atoms with Gasteiger partial charge in [0.15, 0.2) is 9.84 Å². The van der Waals surface area contributed by atoms with Gasteiger partial charge in [0.1, 0.15) is 6.10 Å². The first kappa shape index (κ1) is 39.7. The minimum absolute atomic E-state index is 0.00687. The van der Waals surface area contributed by atoms with Crippen molar-refractivity contribution in [2.24, 2.45) is 68.5 Å². The van der Waals surface area contributed by atoms with Crippen LogP contribution >= 0.6 is 0 Å². The minimum atomic E-state index is -2.99. The van der Waals surface area contributed by atoms with Crippen LogP contribution in [0.25, 0.3) is 0 Å². The van der Waals surface area contributed by atoms with Crippen LogP contribution in [0, 0.1) is 68.5 Å². The molecule has 9 nitrogen and oxygen atoms in total. The van der Waals surface area contributed by atoms with Crippen LogP contribution in [0.3, 0.4) is 0 Å². The zero-order valence-electron chi connectivity index (χ0n) is 34.0. The van der Waals surface area contributed by atoms with Gasteiger partial charge < -0.3 is 20.3 Å². The van der Waals surface area contributed by atoms with E-state index >= 15 is 0 Å². The Morgan fingerprint density at radius 2 is 1.53 bits per heavy atom. The molecule has 300 valence electrons. The maximum absolute atomic E-state index is 13.5. The third kappa shape index (κ3) is 5.94. The smallest absolute Gasteiger partial charge is 0.310 e. The van der Waals surface area contributed by atoms with Crippen molar-refractivity contribution < 1.29 is 33.0 Å². The third-order valence-electron chi connectivity index (χ3n) is 18.4. The summed E-state index contributed by atoms with van der Waals surface area (Å²) in [5, 5.41) is 24.4. The fourth-order valence-corrected chi connectivity index (χ4v) is 16.3. The summed E-state index contributed by atoms with van der Waals surface area (Å²) in [7, 11) is -2.99. The number of nitrogens with one attached hydrogen (secondary N) is 1. The van der Waals surface area contributed by atoms with Crippen molar-refractivity contribution in [1.82, 2.24) is 10.2 Å². The number of carboxylic acids is 1. The molecule has 0 bridgehead atoms. The van der Waals surface area contributed by atoms with Crippen molar-refractivity contribution in [2.75, 3.05) is 37.7 Å².